The summed E-state index contributed by atoms with van der Waals surface area (Å²) in [6, 6.07) is 0.770. The van der Waals surface area contributed by atoms with E-state index in [0.717, 1.165) is 25.7 Å². The monoisotopic (exact) mass is 199 g/mol. The molecule has 0 aromatic rings. The second-order valence-corrected chi connectivity index (χ2v) is 4.25. The number of piperazine rings is 1. The van der Waals surface area contributed by atoms with Gasteiger partial charge in [0.1, 0.15) is 0 Å². The first-order valence-electron chi connectivity index (χ1n) is 5.68. The number of rotatable bonds is 3. The van der Waals surface area contributed by atoms with Gasteiger partial charge in [0.2, 0.25) is 0 Å². The van der Waals surface area contributed by atoms with Gasteiger partial charge in [0.05, 0.1) is 6.61 Å². The summed E-state index contributed by atoms with van der Waals surface area (Å²) in [5, 5.41) is 12.2. The Balaban J connectivity index is 1.72. The van der Waals surface area contributed by atoms with Crippen LogP contribution in [0.25, 0.3) is 0 Å². The predicted molar refractivity (Wildman–Crippen MR) is 56.4 cm³/mol. The van der Waals surface area contributed by atoms with Gasteiger partial charge in [-0.15, -0.1) is 0 Å². The van der Waals surface area contributed by atoms with Crippen molar-refractivity contribution in [3.8, 4) is 0 Å². The van der Waals surface area contributed by atoms with E-state index in [2.05, 4.69) is 15.1 Å². The van der Waals surface area contributed by atoms with Crippen molar-refractivity contribution >= 4 is 0 Å². The summed E-state index contributed by atoms with van der Waals surface area (Å²) in [6.45, 7) is 8.08. The van der Waals surface area contributed by atoms with Gasteiger partial charge in [0.25, 0.3) is 0 Å². The number of β-amino-alcohol motifs (C(OH)–C–C–N with tert-alkyl or cyclic N) is 1. The van der Waals surface area contributed by atoms with Gasteiger partial charge in [0, 0.05) is 45.3 Å². The molecule has 82 valence electrons. The highest BCUT2D eigenvalue weighted by Gasteiger charge is 2.25. The van der Waals surface area contributed by atoms with Crippen molar-refractivity contribution in [3.63, 3.8) is 0 Å². The summed E-state index contributed by atoms with van der Waals surface area (Å²) in [7, 11) is 0. The molecule has 2 aliphatic rings. The van der Waals surface area contributed by atoms with Crippen molar-refractivity contribution < 1.29 is 5.11 Å². The van der Waals surface area contributed by atoms with E-state index in [-0.39, 0.29) is 0 Å². The molecule has 2 heterocycles. The van der Waals surface area contributed by atoms with Crippen molar-refractivity contribution in [2.75, 3.05) is 52.4 Å². The topological polar surface area (TPSA) is 38.7 Å². The van der Waals surface area contributed by atoms with E-state index in [0.29, 0.717) is 6.61 Å². The van der Waals surface area contributed by atoms with Crippen LogP contribution in [-0.4, -0.2) is 73.4 Å². The van der Waals surface area contributed by atoms with Crippen LogP contribution in [0.1, 0.15) is 6.42 Å². The second kappa shape index (κ2) is 5.07. The molecule has 14 heavy (non-hydrogen) atoms. The molecule has 2 fully saturated rings. The lowest BCUT2D eigenvalue weighted by molar-refractivity contribution is 0.0891. The zero-order chi connectivity index (χ0) is 9.80. The molecule has 4 nitrogen and oxygen atoms in total. The number of aliphatic hydroxyl groups is 1. The summed E-state index contributed by atoms with van der Waals surface area (Å²) in [5.74, 6) is 0. The second-order valence-electron chi connectivity index (χ2n) is 4.25. The van der Waals surface area contributed by atoms with E-state index in [1.807, 2.05) is 0 Å². The van der Waals surface area contributed by atoms with E-state index >= 15 is 0 Å². The van der Waals surface area contributed by atoms with Crippen LogP contribution in [0, 0.1) is 0 Å². The molecular formula is C10H21N3O. The maximum Gasteiger partial charge on any atom is 0.0558 e. The first kappa shape index (κ1) is 10.4. The van der Waals surface area contributed by atoms with Gasteiger partial charge in [-0.2, -0.15) is 0 Å². The third kappa shape index (κ3) is 2.45. The maximum absolute atomic E-state index is 8.83. The summed E-state index contributed by atoms with van der Waals surface area (Å²) >= 11 is 0. The minimum Gasteiger partial charge on any atom is -0.395 e. The van der Waals surface area contributed by atoms with Crippen molar-refractivity contribution in [2.45, 2.75) is 12.5 Å². The summed E-state index contributed by atoms with van der Waals surface area (Å²) in [5.41, 5.74) is 0. The van der Waals surface area contributed by atoms with Gasteiger partial charge < -0.3 is 10.4 Å². The van der Waals surface area contributed by atoms with Gasteiger partial charge >= 0.3 is 0 Å². The first-order chi connectivity index (χ1) is 6.90. The van der Waals surface area contributed by atoms with E-state index in [9.17, 15) is 0 Å². The Morgan fingerprint density at radius 1 is 1.21 bits per heavy atom. The van der Waals surface area contributed by atoms with Crippen LogP contribution in [0.2, 0.25) is 0 Å². The zero-order valence-corrected chi connectivity index (χ0v) is 8.78. The number of hydrogen-bond donors (Lipinski definition) is 2. The Morgan fingerprint density at radius 2 is 2.00 bits per heavy atom. The Bertz CT molecular complexity index is 163. The van der Waals surface area contributed by atoms with Gasteiger partial charge in [-0.3, -0.25) is 9.80 Å². The highest BCUT2D eigenvalue weighted by molar-refractivity contribution is 4.84. The lowest BCUT2D eigenvalue weighted by Gasteiger charge is -2.37. The third-order valence-corrected chi connectivity index (χ3v) is 3.37. The van der Waals surface area contributed by atoms with E-state index in [1.54, 1.807) is 0 Å². The summed E-state index contributed by atoms with van der Waals surface area (Å²) < 4.78 is 0. The van der Waals surface area contributed by atoms with Gasteiger partial charge in [0.15, 0.2) is 0 Å². The Hall–Kier alpha value is -0.160. The SMILES string of the molecule is OCCN1CCN([C@H]2CCNC2)CC1. The van der Waals surface area contributed by atoms with E-state index < -0.39 is 0 Å². The lowest BCUT2D eigenvalue weighted by atomic mass is 10.2. The van der Waals surface area contributed by atoms with Gasteiger partial charge in [-0.25, -0.2) is 0 Å². The molecule has 0 bridgehead atoms. The smallest absolute Gasteiger partial charge is 0.0558 e. The van der Waals surface area contributed by atoms with E-state index in [1.165, 1.54) is 32.6 Å². The molecule has 4 heteroatoms. The molecule has 2 saturated heterocycles. The van der Waals surface area contributed by atoms with Crippen molar-refractivity contribution in [3.05, 3.63) is 0 Å². The molecule has 2 aliphatic heterocycles. The fourth-order valence-corrected chi connectivity index (χ4v) is 2.44. The van der Waals surface area contributed by atoms with Crippen LogP contribution >= 0.6 is 0 Å². The molecule has 0 aromatic heterocycles. The molecule has 0 unspecified atom stereocenters. The summed E-state index contributed by atoms with van der Waals surface area (Å²) in [6.07, 6.45) is 1.31. The fraction of sp³-hybridized carbons (Fsp3) is 1.00. The number of aliphatic hydroxyl groups excluding tert-OH is 1. The molecule has 2 N–H and O–H groups in total. The molecule has 0 aromatic carbocycles. The van der Waals surface area contributed by atoms with Crippen molar-refractivity contribution in [1.82, 2.24) is 15.1 Å². The highest BCUT2D eigenvalue weighted by Crippen LogP contribution is 2.11. The summed E-state index contributed by atoms with van der Waals surface area (Å²) in [4.78, 5) is 4.94. The van der Waals surface area contributed by atoms with Crippen LogP contribution < -0.4 is 5.32 Å². The third-order valence-electron chi connectivity index (χ3n) is 3.37. The number of nitrogens with zero attached hydrogens (tertiary/aromatic N) is 2. The Morgan fingerprint density at radius 3 is 2.57 bits per heavy atom. The minimum absolute atomic E-state index is 0.297. The highest BCUT2D eigenvalue weighted by atomic mass is 16.3. The molecule has 1 atom stereocenters. The standard InChI is InChI=1S/C10H21N3O/c14-8-7-12-3-5-13(6-4-12)10-1-2-11-9-10/h10-11,14H,1-9H2/t10-/m0/s1. The van der Waals surface area contributed by atoms with Crippen LogP contribution in [0.3, 0.4) is 0 Å². The molecule has 0 radical (unpaired) electrons. The average Bonchev–Trinajstić information content (AvgIpc) is 2.72. The van der Waals surface area contributed by atoms with Crippen LogP contribution in [0.15, 0.2) is 0 Å². The normalized spacial score (nSPS) is 31.1. The number of hydrogen-bond acceptors (Lipinski definition) is 4. The fourth-order valence-electron chi connectivity index (χ4n) is 2.44. The van der Waals surface area contributed by atoms with Crippen molar-refractivity contribution in [2.24, 2.45) is 0 Å². The average molecular weight is 199 g/mol. The quantitative estimate of drug-likeness (QED) is 0.609. The molecule has 2 rings (SSSR count). The van der Waals surface area contributed by atoms with Crippen LogP contribution in [0.5, 0.6) is 0 Å². The first-order valence-corrected chi connectivity index (χ1v) is 5.68. The number of nitrogens with one attached hydrogen (secondary N) is 1. The predicted octanol–water partition coefficient (Wildman–Crippen LogP) is -1.04. The molecule has 0 spiro atoms. The molecule has 0 aliphatic carbocycles. The Kier molecular flexibility index (Phi) is 3.75. The minimum atomic E-state index is 0.297. The lowest BCUT2D eigenvalue weighted by Crippen LogP contribution is -2.51. The van der Waals surface area contributed by atoms with Crippen LogP contribution in [-0.2, 0) is 0 Å². The van der Waals surface area contributed by atoms with Gasteiger partial charge in [-0.05, 0) is 13.0 Å². The molecule has 0 saturated carbocycles. The van der Waals surface area contributed by atoms with Gasteiger partial charge in [-0.1, -0.05) is 0 Å². The molecular weight excluding hydrogens is 178 g/mol. The van der Waals surface area contributed by atoms with Crippen molar-refractivity contribution in [1.29, 1.82) is 0 Å². The largest absolute Gasteiger partial charge is 0.395 e. The zero-order valence-electron chi connectivity index (χ0n) is 8.78. The Labute approximate surface area is 85.9 Å². The maximum atomic E-state index is 8.83. The van der Waals surface area contributed by atoms with Crippen LogP contribution in [0.4, 0.5) is 0 Å². The molecule has 0 amide bonds. The van der Waals surface area contributed by atoms with E-state index in [4.69, 9.17) is 5.11 Å².